The molecule has 1 aliphatic rings. The number of hydrogen-bond acceptors (Lipinski definition) is 2. The van der Waals surface area contributed by atoms with Crippen molar-refractivity contribution in [3.05, 3.63) is 34.3 Å². The van der Waals surface area contributed by atoms with Gasteiger partial charge in [-0.05, 0) is 37.6 Å². The highest BCUT2D eigenvalue weighted by molar-refractivity contribution is 9.10. The molecule has 1 fully saturated rings. The normalized spacial score (nSPS) is 24.3. The van der Waals surface area contributed by atoms with Crippen LogP contribution in [0, 0.1) is 5.92 Å². The minimum Gasteiger partial charge on any atom is -0.389 e. The smallest absolute Gasteiger partial charge is 0.0700 e. The van der Waals surface area contributed by atoms with E-state index in [2.05, 4.69) is 33.4 Å². The van der Waals surface area contributed by atoms with Crippen molar-refractivity contribution in [3.8, 4) is 0 Å². The second-order valence-corrected chi connectivity index (χ2v) is 5.77. The minimum atomic E-state index is -0.600. The summed E-state index contributed by atoms with van der Waals surface area (Å²) in [6.45, 7) is 3.91. The maximum Gasteiger partial charge on any atom is 0.0700 e. The van der Waals surface area contributed by atoms with E-state index in [1.54, 1.807) is 0 Å². The molecule has 2 unspecified atom stereocenters. The van der Waals surface area contributed by atoms with Crippen LogP contribution in [-0.4, -0.2) is 23.8 Å². The van der Waals surface area contributed by atoms with E-state index in [1.165, 1.54) is 5.56 Å². The lowest BCUT2D eigenvalue weighted by atomic mass is 9.83. The molecule has 1 heterocycles. The third kappa shape index (κ3) is 2.84. The maximum atomic E-state index is 10.5. The summed E-state index contributed by atoms with van der Waals surface area (Å²) in [7, 11) is 0. The van der Waals surface area contributed by atoms with Gasteiger partial charge >= 0.3 is 0 Å². The summed E-state index contributed by atoms with van der Waals surface area (Å²) >= 11 is 3.42. The van der Waals surface area contributed by atoms with E-state index in [4.69, 9.17) is 0 Å². The van der Waals surface area contributed by atoms with Gasteiger partial charge in [0, 0.05) is 23.4 Å². The van der Waals surface area contributed by atoms with E-state index < -0.39 is 5.60 Å². The molecule has 2 N–H and O–H groups in total. The average molecular weight is 284 g/mol. The zero-order valence-electron chi connectivity index (χ0n) is 9.54. The predicted octanol–water partition coefficient (Wildman–Crippen LogP) is 2.35. The lowest BCUT2D eigenvalue weighted by Gasteiger charge is -2.29. The Labute approximate surface area is 105 Å². The maximum absolute atomic E-state index is 10.5. The van der Waals surface area contributed by atoms with Crippen LogP contribution in [0.4, 0.5) is 0 Å². The van der Waals surface area contributed by atoms with Crippen molar-refractivity contribution in [1.82, 2.24) is 5.32 Å². The van der Waals surface area contributed by atoms with E-state index in [0.29, 0.717) is 5.92 Å². The molecule has 0 saturated carbocycles. The van der Waals surface area contributed by atoms with Crippen molar-refractivity contribution in [3.63, 3.8) is 0 Å². The lowest BCUT2D eigenvalue weighted by molar-refractivity contribution is 0.00726. The Bertz CT molecular complexity index is 341. The lowest BCUT2D eigenvalue weighted by Crippen LogP contribution is -2.38. The summed E-state index contributed by atoms with van der Waals surface area (Å²) in [6, 6.07) is 8.19. The Morgan fingerprint density at radius 3 is 2.69 bits per heavy atom. The SMILES string of the molecule is CC(O)(Cc1ccc(Br)cc1)C1CCNC1. The van der Waals surface area contributed by atoms with Crippen molar-refractivity contribution in [2.75, 3.05) is 13.1 Å². The summed E-state index contributed by atoms with van der Waals surface area (Å²) in [4.78, 5) is 0. The quantitative estimate of drug-likeness (QED) is 0.893. The first-order chi connectivity index (χ1) is 7.58. The second-order valence-electron chi connectivity index (χ2n) is 4.85. The Balaban J connectivity index is 2.04. The van der Waals surface area contributed by atoms with Crippen LogP contribution < -0.4 is 5.32 Å². The number of nitrogens with one attached hydrogen (secondary N) is 1. The van der Waals surface area contributed by atoms with E-state index >= 15 is 0 Å². The van der Waals surface area contributed by atoms with Crippen molar-refractivity contribution in [2.24, 2.45) is 5.92 Å². The first-order valence-electron chi connectivity index (χ1n) is 5.75. The zero-order chi connectivity index (χ0) is 11.6. The highest BCUT2D eigenvalue weighted by Crippen LogP contribution is 2.27. The van der Waals surface area contributed by atoms with Gasteiger partial charge in [-0.15, -0.1) is 0 Å². The summed E-state index contributed by atoms with van der Waals surface area (Å²) in [5.74, 6) is 0.371. The van der Waals surface area contributed by atoms with Gasteiger partial charge < -0.3 is 10.4 Å². The van der Waals surface area contributed by atoms with Crippen molar-refractivity contribution >= 4 is 15.9 Å². The van der Waals surface area contributed by atoms with Gasteiger partial charge in [-0.3, -0.25) is 0 Å². The number of halogens is 1. The number of rotatable bonds is 3. The fraction of sp³-hybridized carbons (Fsp3) is 0.538. The molecule has 0 spiro atoms. The van der Waals surface area contributed by atoms with Gasteiger partial charge in [0.1, 0.15) is 0 Å². The van der Waals surface area contributed by atoms with Gasteiger partial charge in [0.2, 0.25) is 0 Å². The number of hydrogen-bond donors (Lipinski definition) is 2. The molecule has 0 radical (unpaired) electrons. The fourth-order valence-corrected chi connectivity index (χ4v) is 2.61. The molecule has 0 bridgehead atoms. The van der Waals surface area contributed by atoms with E-state index in [9.17, 15) is 5.11 Å². The van der Waals surface area contributed by atoms with Crippen LogP contribution in [0.2, 0.25) is 0 Å². The highest BCUT2D eigenvalue weighted by atomic mass is 79.9. The molecular weight excluding hydrogens is 266 g/mol. The topological polar surface area (TPSA) is 32.3 Å². The Hall–Kier alpha value is -0.380. The summed E-state index contributed by atoms with van der Waals surface area (Å²) < 4.78 is 1.08. The molecule has 1 aromatic rings. The van der Waals surface area contributed by atoms with Crippen LogP contribution in [0.1, 0.15) is 18.9 Å². The average Bonchev–Trinajstić information content (AvgIpc) is 2.75. The standard InChI is InChI=1S/C13H18BrNO/c1-13(16,11-6-7-15-9-11)8-10-2-4-12(14)5-3-10/h2-5,11,15-16H,6-9H2,1H3. The van der Waals surface area contributed by atoms with Gasteiger partial charge in [-0.2, -0.15) is 0 Å². The molecule has 1 aromatic carbocycles. The zero-order valence-corrected chi connectivity index (χ0v) is 11.1. The van der Waals surface area contributed by atoms with Crippen molar-refractivity contribution in [2.45, 2.75) is 25.4 Å². The Kier molecular flexibility index (Phi) is 3.67. The Morgan fingerprint density at radius 2 is 2.12 bits per heavy atom. The summed E-state index contributed by atoms with van der Waals surface area (Å²) in [5.41, 5.74) is 0.595. The fourth-order valence-electron chi connectivity index (χ4n) is 2.35. The molecule has 2 atom stereocenters. The molecule has 2 nitrogen and oxygen atoms in total. The number of aliphatic hydroxyl groups is 1. The molecule has 1 aliphatic heterocycles. The van der Waals surface area contributed by atoms with Crippen LogP contribution in [0.25, 0.3) is 0 Å². The molecule has 0 amide bonds. The first kappa shape index (κ1) is 12.1. The third-order valence-corrected chi connectivity index (χ3v) is 3.94. The van der Waals surface area contributed by atoms with Crippen LogP contribution in [-0.2, 0) is 6.42 Å². The molecule has 88 valence electrons. The minimum absolute atomic E-state index is 0.371. The monoisotopic (exact) mass is 283 g/mol. The van der Waals surface area contributed by atoms with Crippen LogP contribution in [0.5, 0.6) is 0 Å². The highest BCUT2D eigenvalue weighted by Gasteiger charge is 2.33. The van der Waals surface area contributed by atoms with E-state index in [1.807, 2.05) is 19.1 Å². The molecular formula is C13H18BrNO. The largest absolute Gasteiger partial charge is 0.389 e. The van der Waals surface area contributed by atoms with Gasteiger partial charge in [0.15, 0.2) is 0 Å². The van der Waals surface area contributed by atoms with Crippen LogP contribution in [0.15, 0.2) is 28.7 Å². The Morgan fingerprint density at radius 1 is 1.44 bits per heavy atom. The van der Waals surface area contributed by atoms with Gasteiger partial charge in [-0.25, -0.2) is 0 Å². The molecule has 16 heavy (non-hydrogen) atoms. The molecule has 2 rings (SSSR count). The first-order valence-corrected chi connectivity index (χ1v) is 6.55. The molecule has 0 aromatic heterocycles. The summed E-state index contributed by atoms with van der Waals surface area (Å²) in [6.07, 6.45) is 1.80. The third-order valence-electron chi connectivity index (χ3n) is 3.42. The van der Waals surface area contributed by atoms with Gasteiger partial charge in [0.25, 0.3) is 0 Å². The molecule has 1 saturated heterocycles. The number of benzene rings is 1. The second kappa shape index (κ2) is 4.86. The van der Waals surface area contributed by atoms with E-state index in [-0.39, 0.29) is 0 Å². The molecule has 0 aliphatic carbocycles. The van der Waals surface area contributed by atoms with Crippen molar-refractivity contribution in [1.29, 1.82) is 0 Å². The predicted molar refractivity (Wildman–Crippen MR) is 69.4 cm³/mol. The van der Waals surface area contributed by atoms with E-state index in [0.717, 1.165) is 30.4 Å². The van der Waals surface area contributed by atoms with Gasteiger partial charge in [0.05, 0.1) is 5.60 Å². The van der Waals surface area contributed by atoms with Crippen LogP contribution >= 0.6 is 15.9 Å². The molecule has 3 heteroatoms. The summed E-state index contributed by atoms with van der Waals surface area (Å²) in [5, 5.41) is 13.8. The van der Waals surface area contributed by atoms with Crippen molar-refractivity contribution < 1.29 is 5.11 Å². The van der Waals surface area contributed by atoms with Gasteiger partial charge in [-0.1, -0.05) is 28.1 Å². The van der Waals surface area contributed by atoms with Crippen LogP contribution in [0.3, 0.4) is 0 Å².